The van der Waals surface area contributed by atoms with Crippen molar-refractivity contribution in [3.8, 4) is 0 Å². The smallest absolute Gasteiger partial charge is 0.227 e. The number of hydrogen-bond donors (Lipinski definition) is 0. The summed E-state index contributed by atoms with van der Waals surface area (Å²) in [4.78, 5) is 20.4. The topological polar surface area (TPSA) is 26.8 Å². The maximum absolute atomic E-state index is 14.5. The summed E-state index contributed by atoms with van der Waals surface area (Å²) in [5.41, 5.74) is 0.420. The van der Waals surface area contributed by atoms with Crippen LogP contribution in [-0.4, -0.2) is 72.5 Å². The highest BCUT2D eigenvalue weighted by molar-refractivity contribution is 6.31. The molecule has 8 heteroatoms. The van der Waals surface area contributed by atoms with Gasteiger partial charge in [0.2, 0.25) is 5.91 Å². The van der Waals surface area contributed by atoms with Crippen molar-refractivity contribution in [3.05, 3.63) is 70.0 Å². The molecule has 3 aliphatic rings. The van der Waals surface area contributed by atoms with Crippen molar-refractivity contribution in [3.63, 3.8) is 0 Å². The number of carbonyl (C=O) groups is 1. The van der Waals surface area contributed by atoms with E-state index in [1.54, 1.807) is 17.0 Å². The molecule has 2 aromatic rings. The Bertz CT molecular complexity index is 1150. The Morgan fingerprint density at radius 2 is 1.65 bits per heavy atom. The lowest BCUT2D eigenvalue weighted by molar-refractivity contribution is -0.131. The Labute approximate surface area is 241 Å². The molecule has 0 bridgehead atoms. The van der Waals surface area contributed by atoms with Gasteiger partial charge in [-0.05, 0) is 68.5 Å². The maximum Gasteiger partial charge on any atom is 0.227 e. The van der Waals surface area contributed by atoms with Crippen molar-refractivity contribution in [2.24, 2.45) is 0 Å². The van der Waals surface area contributed by atoms with E-state index in [1.807, 2.05) is 0 Å². The minimum atomic E-state index is -0.867. The van der Waals surface area contributed by atoms with E-state index in [0.29, 0.717) is 19.1 Å². The molecule has 1 amide bonds. The fraction of sp³-hybridized carbons (Fsp3) is 0.594. The van der Waals surface area contributed by atoms with Crippen molar-refractivity contribution in [2.45, 2.75) is 75.7 Å². The van der Waals surface area contributed by atoms with Crippen LogP contribution in [0.3, 0.4) is 0 Å². The molecule has 2 aliphatic heterocycles. The second-order valence-electron chi connectivity index (χ2n) is 12.0. The summed E-state index contributed by atoms with van der Waals surface area (Å²) < 4.78 is 43.0. The van der Waals surface area contributed by atoms with E-state index in [2.05, 4.69) is 9.80 Å². The summed E-state index contributed by atoms with van der Waals surface area (Å²) in [5.74, 6) is -2.41. The second kappa shape index (κ2) is 13.3. The maximum atomic E-state index is 14.5. The lowest BCUT2D eigenvalue weighted by Gasteiger charge is -2.43. The van der Waals surface area contributed by atoms with Gasteiger partial charge in [0.25, 0.3) is 0 Å². The van der Waals surface area contributed by atoms with Crippen LogP contribution in [0.5, 0.6) is 0 Å². The van der Waals surface area contributed by atoms with Gasteiger partial charge in [-0.1, -0.05) is 49.4 Å². The van der Waals surface area contributed by atoms with Gasteiger partial charge >= 0.3 is 0 Å². The van der Waals surface area contributed by atoms with Crippen LogP contribution >= 0.6 is 11.6 Å². The fourth-order valence-corrected chi connectivity index (χ4v) is 7.28. The van der Waals surface area contributed by atoms with Gasteiger partial charge in [-0.3, -0.25) is 9.69 Å². The Balaban J connectivity index is 1.32. The highest BCUT2D eigenvalue weighted by Gasteiger charge is 2.38. The van der Waals surface area contributed by atoms with Crippen LogP contribution in [0.25, 0.3) is 0 Å². The predicted molar refractivity (Wildman–Crippen MR) is 153 cm³/mol. The molecule has 1 atom stereocenters. The predicted octanol–water partition coefficient (Wildman–Crippen LogP) is 6.59. The number of rotatable bonds is 7. The third-order valence-electron chi connectivity index (χ3n) is 9.51. The second-order valence-corrected chi connectivity index (χ2v) is 12.4. The Morgan fingerprint density at radius 3 is 2.38 bits per heavy atom. The molecule has 5 rings (SSSR count). The normalized spacial score (nSPS) is 23.8. The Kier molecular flexibility index (Phi) is 9.75. The van der Waals surface area contributed by atoms with Crippen LogP contribution in [-0.2, 0) is 16.6 Å². The Morgan fingerprint density at radius 1 is 0.875 bits per heavy atom. The third kappa shape index (κ3) is 6.85. The Hall–Kier alpha value is -2.09. The molecule has 0 radical (unpaired) electrons. The van der Waals surface area contributed by atoms with E-state index in [-0.39, 0.29) is 22.9 Å². The fourth-order valence-electron chi connectivity index (χ4n) is 7.05. The molecule has 0 spiro atoms. The lowest BCUT2D eigenvalue weighted by Crippen LogP contribution is -2.52. The van der Waals surface area contributed by atoms with Crippen LogP contribution < -0.4 is 0 Å². The first-order valence-electron chi connectivity index (χ1n) is 15.0. The zero-order chi connectivity index (χ0) is 28.1. The summed E-state index contributed by atoms with van der Waals surface area (Å²) in [6.07, 6.45) is 9.72. The summed E-state index contributed by atoms with van der Waals surface area (Å²) in [6, 6.07) is 9.35. The number of hydrogen-bond acceptors (Lipinski definition) is 3. The van der Waals surface area contributed by atoms with Gasteiger partial charge in [-0.15, -0.1) is 0 Å². The average molecular weight is 576 g/mol. The van der Waals surface area contributed by atoms with Crippen molar-refractivity contribution < 1.29 is 18.0 Å². The van der Waals surface area contributed by atoms with Crippen LogP contribution in [0.2, 0.25) is 5.02 Å². The molecule has 4 nitrogen and oxygen atoms in total. The number of halogens is 4. The van der Waals surface area contributed by atoms with E-state index in [9.17, 15) is 18.0 Å². The van der Waals surface area contributed by atoms with Crippen molar-refractivity contribution >= 4 is 17.5 Å². The van der Waals surface area contributed by atoms with Gasteiger partial charge in [0.05, 0.1) is 6.42 Å². The minimum Gasteiger partial charge on any atom is -0.342 e. The van der Waals surface area contributed by atoms with E-state index < -0.39 is 22.9 Å². The average Bonchev–Trinajstić information content (AvgIpc) is 3.20. The molecule has 2 heterocycles. The first kappa shape index (κ1) is 29.4. The molecule has 218 valence electrons. The SMILES string of the molecule is O=C(Cc1c(F)cccc1Cl)N1CCCC[C@](CCN2CCN(C3CCCCC3)CC2)(c2ccc(F)c(F)c2)C1. The van der Waals surface area contributed by atoms with Gasteiger partial charge in [0, 0.05) is 61.3 Å². The summed E-state index contributed by atoms with van der Waals surface area (Å²) in [7, 11) is 0. The molecular weight excluding hydrogens is 535 g/mol. The molecule has 0 unspecified atom stereocenters. The molecule has 1 saturated carbocycles. The molecule has 2 saturated heterocycles. The van der Waals surface area contributed by atoms with Crippen molar-refractivity contribution in [1.29, 1.82) is 0 Å². The van der Waals surface area contributed by atoms with Crippen molar-refractivity contribution in [1.82, 2.24) is 14.7 Å². The van der Waals surface area contributed by atoms with Crippen LogP contribution in [0.4, 0.5) is 13.2 Å². The molecule has 0 aromatic heterocycles. The first-order chi connectivity index (χ1) is 19.3. The number of benzene rings is 2. The quantitative estimate of drug-likeness (QED) is 0.373. The summed E-state index contributed by atoms with van der Waals surface area (Å²) in [5, 5.41) is 0.238. The zero-order valence-corrected chi connectivity index (χ0v) is 24.1. The van der Waals surface area contributed by atoms with Crippen LogP contribution in [0, 0.1) is 17.5 Å². The number of piperazine rings is 1. The molecule has 3 fully saturated rings. The van der Waals surface area contributed by atoms with E-state index in [0.717, 1.165) is 64.0 Å². The lowest BCUT2D eigenvalue weighted by atomic mass is 9.73. The number of nitrogens with zero attached hydrogens (tertiary/aromatic N) is 3. The highest BCUT2D eigenvalue weighted by atomic mass is 35.5. The zero-order valence-electron chi connectivity index (χ0n) is 23.3. The van der Waals surface area contributed by atoms with Gasteiger partial charge in [0.15, 0.2) is 11.6 Å². The third-order valence-corrected chi connectivity index (χ3v) is 9.86. The molecule has 0 N–H and O–H groups in total. The van der Waals surface area contributed by atoms with Gasteiger partial charge in [-0.2, -0.15) is 0 Å². The first-order valence-corrected chi connectivity index (χ1v) is 15.3. The highest BCUT2D eigenvalue weighted by Crippen LogP contribution is 2.38. The largest absolute Gasteiger partial charge is 0.342 e. The van der Waals surface area contributed by atoms with Crippen LogP contribution in [0.1, 0.15) is 68.9 Å². The van der Waals surface area contributed by atoms with E-state index >= 15 is 0 Å². The molecule has 1 aliphatic carbocycles. The summed E-state index contributed by atoms with van der Waals surface area (Å²) >= 11 is 6.23. The molecule has 2 aromatic carbocycles. The summed E-state index contributed by atoms with van der Waals surface area (Å²) in [6.45, 7) is 5.91. The van der Waals surface area contributed by atoms with E-state index in [4.69, 9.17) is 11.6 Å². The minimum absolute atomic E-state index is 0.123. The molecule has 40 heavy (non-hydrogen) atoms. The number of amides is 1. The van der Waals surface area contributed by atoms with Crippen LogP contribution in [0.15, 0.2) is 36.4 Å². The van der Waals surface area contributed by atoms with Gasteiger partial charge in [0.1, 0.15) is 5.82 Å². The number of likely N-dealkylation sites (tertiary alicyclic amines) is 1. The van der Waals surface area contributed by atoms with Gasteiger partial charge in [-0.25, -0.2) is 13.2 Å². The monoisotopic (exact) mass is 575 g/mol. The van der Waals surface area contributed by atoms with E-state index in [1.165, 1.54) is 56.4 Å². The number of carbonyl (C=O) groups excluding carboxylic acids is 1. The van der Waals surface area contributed by atoms with Crippen molar-refractivity contribution in [2.75, 3.05) is 45.8 Å². The van der Waals surface area contributed by atoms with Gasteiger partial charge < -0.3 is 9.80 Å². The standard InChI is InChI=1S/C32H41ClF3N3O/c33-27-9-6-10-28(34)26(27)22-31(40)39-15-5-4-13-32(23-39,24-11-12-29(35)30(36)21-24)14-16-37-17-19-38(20-18-37)25-7-2-1-3-8-25/h6,9-12,21,25H,1-5,7-8,13-20,22-23H2/t32-/m1/s1. The molecular formula is C32H41ClF3N3O.